The van der Waals surface area contributed by atoms with Gasteiger partial charge >= 0.3 is 0 Å². The standard InChI is InChI=1S/C25H20F2O5/c1-29-22-7-3-16(12-18(22)15-32-23-9-5-19(26)14-20(23)27)2-6-21(28)17-4-8-24-25(13-17)31-11-10-30-24/h2-9,12-14H,10-11,15H2,1H3/b6-2+. The average Bonchev–Trinajstić information content (AvgIpc) is 2.81. The second-order valence-electron chi connectivity index (χ2n) is 6.99. The molecule has 1 heterocycles. The lowest BCUT2D eigenvalue weighted by Crippen LogP contribution is -2.15. The van der Waals surface area contributed by atoms with Gasteiger partial charge in [0.15, 0.2) is 28.8 Å². The molecule has 164 valence electrons. The molecular weight excluding hydrogens is 418 g/mol. The molecule has 0 aliphatic carbocycles. The van der Waals surface area contributed by atoms with Crippen LogP contribution in [0, 0.1) is 11.6 Å². The number of halogens is 2. The number of hydrogen-bond donors (Lipinski definition) is 0. The van der Waals surface area contributed by atoms with E-state index in [1.54, 1.807) is 42.5 Å². The van der Waals surface area contributed by atoms with Crippen molar-refractivity contribution in [3.8, 4) is 23.0 Å². The molecule has 32 heavy (non-hydrogen) atoms. The predicted octanol–water partition coefficient (Wildman–Crippen LogP) is 5.22. The van der Waals surface area contributed by atoms with Crippen LogP contribution in [-0.2, 0) is 6.61 Å². The van der Waals surface area contributed by atoms with E-state index in [1.165, 1.54) is 19.3 Å². The Morgan fingerprint density at radius 2 is 1.75 bits per heavy atom. The Balaban J connectivity index is 1.49. The maximum atomic E-state index is 13.8. The van der Waals surface area contributed by atoms with Gasteiger partial charge < -0.3 is 18.9 Å². The number of allylic oxidation sites excluding steroid dienone is 1. The molecule has 5 nitrogen and oxygen atoms in total. The minimum absolute atomic E-state index is 0.00349. The molecule has 7 heteroatoms. The third-order valence-electron chi connectivity index (χ3n) is 4.84. The quantitative estimate of drug-likeness (QED) is 0.374. The van der Waals surface area contributed by atoms with Crippen LogP contribution in [-0.4, -0.2) is 26.1 Å². The molecule has 0 N–H and O–H groups in total. The van der Waals surface area contributed by atoms with Crippen molar-refractivity contribution in [3.63, 3.8) is 0 Å². The molecule has 0 amide bonds. The van der Waals surface area contributed by atoms with E-state index in [1.807, 2.05) is 0 Å². The lowest BCUT2D eigenvalue weighted by Gasteiger charge is -2.18. The number of ether oxygens (including phenoxy) is 4. The predicted molar refractivity (Wildman–Crippen MR) is 114 cm³/mol. The van der Waals surface area contributed by atoms with E-state index in [0.717, 1.165) is 17.7 Å². The maximum absolute atomic E-state index is 13.8. The molecule has 3 aromatic rings. The summed E-state index contributed by atoms with van der Waals surface area (Å²) >= 11 is 0. The van der Waals surface area contributed by atoms with Gasteiger partial charge in [0.05, 0.1) is 7.11 Å². The number of hydrogen-bond acceptors (Lipinski definition) is 5. The summed E-state index contributed by atoms with van der Waals surface area (Å²) in [5.41, 5.74) is 1.86. The number of carbonyl (C=O) groups excluding carboxylic acids is 1. The monoisotopic (exact) mass is 438 g/mol. The fourth-order valence-corrected chi connectivity index (χ4v) is 3.23. The molecule has 1 aliphatic rings. The summed E-state index contributed by atoms with van der Waals surface area (Å²) in [5.74, 6) is -0.0103. The van der Waals surface area contributed by atoms with Crippen molar-refractivity contribution < 1.29 is 32.5 Å². The van der Waals surface area contributed by atoms with Crippen molar-refractivity contribution in [2.45, 2.75) is 6.61 Å². The summed E-state index contributed by atoms with van der Waals surface area (Å²) < 4.78 is 48.7. The summed E-state index contributed by atoms with van der Waals surface area (Å²) in [6.07, 6.45) is 3.12. The highest BCUT2D eigenvalue weighted by molar-refractivity contribution is 6.07. The second kappa shape index (κ2) is 9.51. The number of fused-ring (bicyclic) bond motifs is 1. The SMILES string of the molecule is COc1ccc(/C=C/C(=O)c2ccc3c(c2)OCCO3)cc1COc1ccc(F)cc1F. The average molecular weight is 438 g/mol. The van der Waals surface area contributed by atoms with E-state index in [2.05, 4.69) is 0 Å². The number of methoxy groups -OCH3 is 1. The first-order chi connectivity index (χ1) is 15.5. The third-order valence-corrected chi connectivity index (χ3v) is 4.84. The highest BCUT2D eigenvalue weighted by atomic mass is 19.1. The van der Waals surface area contributed by atoms with Crippen LogP contribution in [0.15, 0.2) is 60.7 Å². The number of benzene rings is 3. The van der Waals surface area contributed by atoms with E-state index >= 15 is 0 Å². The lowest BCUT2D eigenvalue weighted by atomic mass is 10.1. The van der Waals surface area contributed by atoms with Crippen LogP contribution in [0.2, 0.25) is 0 Å². The van der Waals surface area contributed by atoms with Gasteiger partial charge in [-0.25, -0.2) is 8.78 Å². The summed E-state index contributed by atoms with van der Waals surface area (Å²) in [4.78, 5) is 12.6. The molecule has 0 saturated carbocycles. The largest absolute Gasteiger partial charge is 0.496 e. The molecule has 0 spiro atoms. The molecule has 0 saturated heterocycles. The summed E-state index contributed by atoms with van der Waals surface area (Å²) in [6.45, 7) is 0.931. The summed E-state index contributed by atoms with van der Waals surface area (Å²) in [6, 6.07) is 13.5. The molecule has 0 unspecified atom stereocenters. The number of ketones is 1. The zero-order valence-electron chi connectivity index (χ0n) is 17.3. The Bertz CT molecular complexity index is 1170. The van der Waals surface area contributed by atoms with Crippen molar-refractivity contribution in [3.05, 3.63) is 89.0 Å². The van der Waals surface area contributed by atoms with Gasteiger partial charge in [-0.1, -0.05) is 12.1 Å². The zero-order chi connectivity index (χ0) is 22.5. The lowest BCUT2D eigenvalue weighted by molar-refractivity contribution is 0.104. The highest BCUT2D eigenvalue weighted by Crippen LogP contribution is 2.31. The van der Waals surface area contributed by atoms with Crippen LogP contribution in [0.3, 0.4) is 0 Å². The van der Waals surface area contributed by atoms with Gasteiger partial charge in [-0.05, 0) is 54.1 Å². The van der Waals surface area contributed by atoms with Crippen molar-refractivity contribution in [2.24, 2.45) is 0 Å². The third kappa shape index (κ3) is 4.88. The number of carbonyl (C=O) groups is 1. The molecule has 3 aromatic carbocycles. The van der Waals surface area contributed by atoms with E-state index in [-0.39, 0.29) is 18.1 Å². The second-order valence-corrected chi connectivity index (χ2v) is 6.99. The van der Waals surface area contributed by atoms with Crippen LogP contribution in [0.25, 0.3) is 6.08 Å². The molecule has 0 fully saturated rings. The topological polar surface area (TPSA) is 54.0 Å². The van der Waals surface area contributed by atoms with Gasteiger partial charge in [0.1, 0.15) is 31.4 Å². The van der Waals surface area contributed by atoms with Gasteiger partial charge in [-0.15, -0.1) is 0 Å². The summed E-state index contributed by atoms with van der Waals surface area (Å²) in [5, 5.41) is 0. The van der Waals surface area contributed by atoms with Gasteiger partial charge in [0.25, 0.3) is 0 Å². The van der Waals surface area contributed by atoms with Crippen LogP contribution in [0.5, 0.6) is 23.0 Å². The van der Waals surface area contributed by atoms with Gasteiger partial charge in [0.2, 0.25) is 0 Å². The van der Waals surface area contributed by atoms with Gasteiger partial charge in [-0.3, -0.25) is 4.79 Å². The molecule has 0 atom stereocenters. The Morgan fingerprint density at radius 3 is 2.53 bits per heavy atom. The smallest absolute Gasteiger partial charge is 0.185 e. The maximum Gasteiger partial charge on any atom is 0.185 e. The Kier molecular flexibility index (Phi) is 6.35. The fraction of sp³-hybridized carbons (Fsp3) is 0.160. The highest BCUT2D eigenvalue weighted by Gasteiger charge is 2.14. The first-order valence-electron chi connectivity index (χ1n) is 9.90. The van der Waals surface area contributed by atoms with E-state index in [9.17, 15) is 13.6 Å². The molecule has 4 rings (SSSR count). The molecule has 0 radical (unpaired) electrons. The summed E-state index contributed by atoms with van der Waals surface area (Å²) in [7, 11) is 1.51. The van der Waals surface area contributed by atoms with Crippen molar-refractivity contribution in [2.75, 3.05) is 20.3 Å². The Labute approximate surface area is 183 Å². The van der Waals surface area contributed by atoms with Crippen molar-refractivity contribution in [1.82, 2.24) is 0 Å². The minimum atomic E-state index is -0.787. The van der Waals surface area contributed by atoms with Crippen LogP contribution in [0.1, 0.15) is 21.5 Å². The van der Waals surface area contributed by atoms with Crippen molar-refractivity contribution in [1.29, 1.82) is 0 Å². The fourth-order valence-electron chi connectivity index (χ4n) is 3.23. The van der Waals surface area contributed by atoms with Crippen LogP contribution < -0.4 is 18.9 Å². The first kappa shape index (κ1) is 21.4. The normalized spacial score (nSPS) is 12.6. The van der Waals surface area contributed by atoms with Crippen LogP contribution >= 0.6 is 0 Å². The van der Waals surface area contributed by atoms with Crippen LogP contribution in [0.4, 0.5) is 8.78 Å². The zero-order valence-corrected chi connectivity index (χ0v) is 17.3. The van der Waals surface area contributed by atoms with Crippen molar-refractivity contribution >= 4 is 11.9 Å². The first-order valence-corrected chi connectivity index (χ1v) is 9.90. The molecule has 1 aliphatic heterocycles. The Morgan fingerprint density at radius 1 is 0.969 bits per heavy atom. The van der Waals surface area contributed by atoms with E-state index in [4.69, 9.17) is 18.9 Å². The minimum Gasteiger partial charge on any atom is -0.496 e. The van der Waals surface area contributed by atoms with E-state index < -0.39 is 11.6 Å². The van der Waals surface area contributed by atoms with E-state index in [0.29, 0.717) is 41.6 Å². The van der Waals surface area contributed by atoms with Gasteiger partial charge in [0, 0.05) is 17.2 Å². The molecular formula is C25H20F2O5. The van der Waals surface area contributed by atoms with Gasteiger partial charge in [-0.2, -0.15) is 0 Å². The Hall–Kier alpha value is -3.87. The molecule has 0 aromatic heterocycles. The molecule has 0 bridgehead atoms. The number of rotatable bonds is 7.